The molecule has 15 heavy (non-hydrogen) atoms. The molecule has 0 amide bonds. The van der Waals surface area contributed by atoms with E-state index in [9.17, 15) is 5.11 Å². The van der Waals surface area contributed by atoms with Crippen LogP contribution in [0.15, 0.2) is 12.3 Å². The minimum Gasteiger partial charge on any atom is -0.389 e. The first-order chi connectivity index (χ1) is 7.16. The Balaban J connectivity index is 1.77. The smallest absolute Gasteiger partial charge is 0.0734 e. The monoisotopic (exact) mass is 206 g/mol. The van der Waals surface area contributed by atoms with Crippen LogP contribution in [0.4, 0.5) is 0 Å². The summed E-state index contributed by atoms with van der Waals surface area (Å²) in [7, 11) is 1.92. The average molecular weight is 206 g/mol. The SMILES string of the molecule is Cn1ccc(CC2(O)CC3CCC2C3)n1. The maximum atomic E-state index is 10.6. The summed E-state index contributed by atoms with van der Waals surface area (Å²) in [6, 6.07) is 2.02. The molecule has 3 atom stereocenters. The molecule has 2 fully saturated rings. The molecule has 3 rings (SSSR count). The molecule has 0 aliphatic heterocycles. The maximum Gasteiger partial charge on any atom is 0.0734 e. The van der Waals surface area contributed by atoms with Gasteiger partial charge in [0, 0.05) is 19.7 Å². The maximum absolute atomic E-state index is 10.6. The Hall–Kier alpha value is -0.830. The number of rotatable bonds is 2. The summed E-state index contributed by atoms with van der Waals surface area (Å²) in [6.45, 7) is 0. The molecule has 0 radical (unpaired) electrons. The minimum atomic E-state index is -0.447. The van der Waals surface area contributed by atoms with E-state index in [2.05, 4.69) is 5.10 Å². The van der Waals surface area contributed by atoms with Crippen LogP contribution >= 0.6 is 0 Å². The molecule has 3 unspecified atom stereocenters. The second-order valence-corrected chi connectivity index (χ2v) is 5.34. The first kappa shape index (κ1) is 9.40. The van der Waals surface area contributed by atoms with Gasteiger partial charge in [-0.25, -0.2) is 0 Å². The number of aromatic nitrogens is 2. The van der Waals surface area contributed by atoms with Crippen LogP contribution in [0.25, 0.3) is 0 Å². The van der Waals surface area contributed by atoms with Crippen LogP contribution in [0.5, 0.6) is 0 Å². The van der Waals surface area contributed by atoms with Crippen molar-refractivity contribution in [3.63, 3.8) is 0 Å². The van der Waals surface area contributed by atoms with Gasteiger partial charge in [0.15, 0.2) is 0 Å². The fourth-order valence-electron chi connectivity index (χ4n) is 3.50. The average Bonchev–Trinajstić information content (AvgIpc) is 2.81. The zero-order valence-electron chi connectivity index (χ0n) is 9.19. The van der Waals surface area contributed by atoms with Crippen molar-refractivity contribution in [2.75, 3.05) is 0 Å². The van der Waals surface area contributed by atoms with Gasteiger partial charge >= 0.3 is 0 Å². The quantitative estimate of drug-likeness (QED) is 0.796. The van der Waals surface area contributed by atoms with Crippen molar-refractivity contribution in [2.24, 2.45) is 18.9 Å². The van der Waals surface area contributed by atoms with E-state index in [0.717, 1.165) is 24.5 Å². The Morgan fingerprint density at radius 3 is 3.00 bits per heavy atom. The Bertz CT molecular complexity index is 373. The van der Waals surface area contributed by atoms with Crippen molar-refractivity contribution >= 4 is 0 Å². The zero-order chi connectivity index (χ0) is 10.5. The number of hydrogen-bond acceptors (Lipinski definition) is 2. The Kier molecular flexibility index (Phi) is 1.93. The van der Waals surface area contributed by atoms with E-state index in [1.54, 1.807) is 0 Å². The second kappa shape index (κ2) is 3.08. The fourth-order valence-corrected chi connectivity index (χ4v) is 3.50. The van der Waals surface area contributed by atoms with E-state index in [0.29, 0.717) is 5.92 Å². The van der Waals surface area contributed by atoms with Gasteiger partial charge in [-0.1, -0.05) is 0 Å². The number of hydrogen-bond donors (Lipinski definition) is 1. The van der Waals surface area contributed by atoms with Gasteiger partial charge in [0.25, 0.3) is 0 Å². The van der Waals surface area contributed by atoms with Crippen molar-refractivity contribution < 1.29 is 5.11 Å². The molecular weight excluding hydrogens is 188 g/mol. The highest BCUT2D eigenvalue weighted by atomic mass is 16.3. The van der Waals surface area contributed by atoms with Crippen LogP contribution in [0, 0.1) is 11.8 Å². The number of nitrogens with zero attached hydrogens (tertiary/aromatic N) is 2. The van der Waals surface area contributed by atoms with E-state index in [4.69, 9.17) is 0 Å². The number of fused-ring (bicyclic) bond motifs is 2. The van der Waals surface area contributed by atoms with Crippen molar-refractivity contribution in [3.05, 3.63) is 18.0 Å². The summed E-state index contributed by atoms with van der Waals surface area (Å²) in [5.41, 5.74) is 0.588. The summed E-state index contributed by atoms with van der Waals surface area (Å²) >= 11 is 0. The van der Waals surface area contributed by atoms with E-state index in [-0.39, 0.29) is 0 Å². The van der Waals surface area contributed by atoms with Crippen LogP contribution in [0.3, 0.4) is 0 Å². The van der Waals surface area contributed by atoms with Gasteiger partial charge in [-0.15, -0.1) is 0 Å². The molecule has 1 heterocycles. The standard InChI is InChI=1S/C12H18N2O/c1-14-5-4-11(13-14)8-12(15)7-9-2-3-10(12)6-9/h4-5,9-10,15H,2-3,6-8H2,1H3. The minimum absolute atomic E-state index is 0.447. The van der Waals surface area contributed by atoms with Gasteiger partial charge in [0.05, 0.1) is 11.3 Å². The molecule has 0 spiro atoms. The normalized spacial score (nSPS) is 38.8. The highest BCUT2D eigenvalue weighted by Crippen LogP contribution is 2.51. The molecule has 2 aliphatic rings. The molecular formula is C12H18N2O. The summed E-state index contributed by atoms with van der Waals surface area (Å²) in [5.74, 6) is 1.31. The van der Waals surface area contributed by atoms with Crippen molar-refractivity contribution in [1.82, 2.24) is 9.78 Å². The molecule has 2 bridgehead atoms. The number of aliphatic hydroxyl groups is 1. The third-order valence-corrected chi connectivity index (χ3v) is 4.20. The van der Waals surface area contributed by atoms with Crippen molar-refractivity contribution in [3.8, 4) is 0 Å². The zero-order valence-corrected chi connectivity index (χ0v) is 9.19. The molecule has 0 aromatic carbocycles. The van der Waals surface area contributed by atoms with E-state index < -0.39 is 5.60 Å². The lowest BCUT2D eigenvalue weighted by molar-refractivity contribution is -0.0133. The van der Waals surface area contributed by atoms with E-state index >= 15 is 0 Å². The molecule has 3 heteroatoms. The van der Waals surface area contributed by atoms with Gasteiger partial charge in [-0.2, -0.15) is 5.10 Å². The molecule has 1 aromatic rings. The van der Waals surface area contributed by atoms with Gasteiger partial charge in [0.1, 0.15) is 0 Å². The molecule has 2 aliphatic carbocycles. The van der Waals surface area contributed by atoms with Crippen LogP contribution < -0.4 is 0 Å². The van der Waals surface area contributed by atoms with Gasteiger partial charge < -0.3 is 5.11 Å². The van der Waals surface area contributed by atoms with Gasteiger partial charge in [-0.05, 0) is 43.6 Å². The summed E-state index contributed by atoms with van der Waals surface area (Å²) in [6.07, 6.45) is 7.47. The molecule has 2 saturated carbocycles. The molecule has 82 valence electrons. The van der Waals surface area contributed by atoms with Crippen LogP contribution in [0.2, 0.25) is 0 Å². The summed E-state index contributed by atoms with van der Waals surface area (Å²) in [5, 5.41) is 15.0. The lowest BCUT2D eigenvalue weighted by Gasteiger charge is -2.31. The predicted molar refractivity (Wildman–Crippen MR) is 57.3 cm³/mol. The second-order valence-electron chi connectivity index (χ2n) is 5.34. The largest absolute Gasteiger partial charge is 0.389 e. The molecule has 1 N–H and O–H groups in total. The first-order valence-corrected chi connectivity index (χ1v) is 5.87. The Morgan fingerprint density at radius 2 is 2.47 bits per heavy atom. The molecule has 0 saturated heterocycles. The van der Waals surface area contributed by atoms with Crippen LogP contribution in [-0.2, 0) is 13.5 Å². The number of aryl methyl sites for hydroxylation is 1. The topological polar surface area (TPSA) is 38.0 Å². The highest BCUT2D eigenvalue weighted by Gasteiger charge is 2.49. The third kappa shape index (κ3) is 1.49. The molecule has 1 aromatic heterocycles. The van der Waals surface area contributed by atoms with E-state index in [1.807, 2.05) is 24.0 Å². The van der Waals surface area contributed by atoms with Crippen LogP contribution in [-0.4, -0.2) is 20.5 Å². The summed E-state index contributed by atoms with van der Waals surface area (Å²) in [4.78, 5) is 0. The molecule has 3 nitrogen and oxygen atoms in total. The Labute approximate surface area is 90.1 Å². The lowest BCUT2D eigenvalue weighted by atomic mass is 9.81. The van der Waals surface area contributed by atoms with Crippen molar-refractivity contribution in [1.29, 1.82) is 0 Å². The van der Waals surface area contributed by atoms with Crippen LogP contribution in [0.1, 0.15) is 31.4 Å². The van der Waals surface area contributed by atoms with Crippen molar-refractivity contribution in [2.45, 2.75) is 37.7 Å². The lowest BCUT2D eigenvalue weighted by Crippen LogP contribution is -2.37. The third-order valence-electron chi connectivity index (χ3n) is 4.20. The Morgan fingerprint density at radius 1 is 1.60 bits per heavy atom. The highest BCUT2D eigenvalue weighted by molar-refractivity contribution is 5.10. The van der Waals surface area contributed by atoms with E-state index in [1.165, 1.54) is 19.3 Å². The predicted octanol–water partition coefficient (Wildman–Crippen LogP) is 1.51. The first-order valence-electron chi connectivity index (χ1n) is 5.87. The van der Waals surface area contributed by atoms with Gasteiger partial charge in [-0.3, -0.25) is 4.68 Å². The summed E-state index contributed by atoms with van der Waals surface area (Å²) < 4.78 is 1.81. The fraction of sp³-hybridized carbons (Fsp3) is 0.750. The van der Waals surface area contributed by atoms with Gasteiger partial charge in [0.2, 0.25) is 0 Å².